The Hall–Kier alpha value is -3.40. The van der Waals surface area contributed by atoms with Crippen LogP contribution in [-0.2, 0) is 6.42 Å². The normalized spacial score (nSPS) is 11.0. The molecule has 0 fully saturated rings. The van der Waals surface area contributed by atoms with E-state index in [9.17, 15) is 10.1 Å². The molecule has 2 heterocycles. The maximum Gasteiger partial charge on any atom is 0.269 e. The number of nitro benzene ring substituents is 1. The SMILES string of the molecule is Cc1cccc2cc(-c3ccccc3)c(Cc3cccc([N+](=O)[O-])c3)n12. The van der Waals surface area contributed by atoms with Crippen LogP contribution in [0.5, 0.6) is 0 Å². The van der Waals surface area contributed by atoms with E-state index in [2.05, 4.69) is 47.7 Å². The third kappa shape index (κ3) is 2.86. The van der Waals surface area contributed by atoms with Crippen LogP contribution >= 0.6 is 0 Å². The van der Waals surface area contributed by atoms with E-state index in [0.29, 0.717) is 6.42 Å². The quantitative estimate of drug-likeness (QED) is 0.367. The van der Waals surface area contributed by atoms with Crippen molar-refractivity contribution >= 4 is 11.2 Å². The summed E-state index contributed by atoms with van der Waals surface area (Å²) in [6.07, 6.45) is 0.630. The number of fused-ring (bicyclic) bond motifs is 1. The molecule has 0 N–H and O–H groups in total. The molecule has 0 aliphatic rings. The van der Waals surface area contributed by atoms with Crippen LogP contribution in [0, 0.1) is 17.0 Å². The first-order valence-electron chi connectivity index (χ1n) is 8.52. The van der Waals surface area contributed by atoms with Gasteiger partial charge in [-0.1, -0.05) is 48.5 Å². The van der Waals surface area contributed by atoms with E-state index in [0.717, 1.165) is 33.6 Å². The van der Waals surface area contributed by atoms with Gasteiger partial charge in [0.25, 0.3) is 5.69 Å². The molecule has 0 saturated heterocycles. The van der Waals surface area contributed by atoms with Crippen molar-refractivity contribution in [3.05, 3.63) is 106 Å². The van der Waals surface area contributed by atoms with Gasteiger partial charge in [-0.15, -0.1) is 0 Å². The zero-order valence-electron chi connectivity index (χ0n) is 14.4. The van der Waals surface area contributed by atoms with Gasteiger partial charge in [-0.05, 0) is 36.2 Å². The zero-order chi connectivity index (χ0) is 18.1. The smallest absolute Gasteiger partial charge is 0.269 e. The Morgan fingerprint density at radius 3 is 2.46 bits per heavy atom. The van der Waals surface area contributed by atoms with Gasteiger partial charge >= 0.3 is 0 Å². The van der Waals surface area contributed by atoms with Crippen LogP contribution in [0.4, 0.5) is 5.69 Å². The highest BCUT2D eigenvalue weighted by Crippen LogP contribution is 2.31. The van der Waals surface area contributed by atoms with Gasteiger partial charge < -0.3 is 4.40 Å². The Morgan fingerprint density at radius 2 is 1.69 bits per heavy atom. The van der Waals surface area contributed by atoms with Crippen molar-refractivity contribution in [2.75, 3.05) is 0 Å². The highest BCUT2D eigenvalue weighted by atomic mass is 16.6. The number of benzene rings is 2. The highest BCUT2D eigenvalue weighted by Gasteiger charge is 2.15. The molecule has 0 amide bonds. The molecule has 0 aliphatic carbocycles. The Morgan fingerprint density at radius 1 is 0.923 bits per heavy atom. The number of nitrogens with zero attached hydrogens (tertiary/aromatic N) is 2. The van der Waals surface area contributed by atoms with Crippen LogP contribution < -0.4 is 0 Å². The molecule has 2 aromatic carbocycles. The van der Waals surface area contributed by atoms with Crippen molar-refractivity contribution in [2.45, 2.75) is 13.3 Å². The van der Waals surface area contributed by atoms with Crippen molar-refractivity contribution in [2.24, 2.45) is 0 Å². The first-order chi connectivity index (χ1) is 12.6. The minimum absolute atomic E-state index is 0.126. The van der Waals surface area contributed by atoms with Gasteiger partial charge in [-0.3, -0.25) is 10.1 Å². The fourth-order valence-electron chi connectivity index (χ4n) is 3.49. The van der Waals surface area contributed by atoms with Crippen molar-refractivity contribution in [1.29, 1.82) is 0 Å². The summed E-state index contributed by atoms with van der Waals surface area (Å²) < 4.78 is 2.24. The molecule has 2 aromatic heterocycles. The lowest BCUT2D eigenvalue weighted by atomic mass is 10.0. The van der Waals surface area contributed by atoms with Crippen molar-refractivity contribution in [1.82, 2.24) is 4.40 Å². The molecule has 0 radical (unpaired) electrons. The van der Waals surface area contributed by atoms with Crippen molar-refractivity contribution in [3.8, 4) is 11.1 Å². The van der Waals surface area contributed by atoms with Crippen molar-refractivity contribution in [3.63, 3.8) is 0 Å². The van der Waals surface area contributed by atoms with Crippen LogP contribution in [0.15, 0.2) is 78.9 Å². The summed E-state index contributed by atoms with van der Waals surface area (Å²) >= 11 is 0. The van der Waals surface area contributed by atoms with E-state index in [-0.39, 0.29) is 10.6 Å². The number of aryl methyl sites for hydroxylation is 1. The highest BCUT2D eigenvalue weighted by molar-refractivity contribution is 5.74. The number of pyridine rings is 1. The van der Waals surface area contributed by atoms with Gasteiger partial charge in [0.1, 0.15) is 0 Å². The lowest BCUT2D eigenvalue weighted by Crippen LogP contribution is -2.00. The summed E-state index contributed by atoms with van der Waals surface area (Å²) in [5.74, 6) is 0. The van der Waals surface area contributed by atoms with Crippen LogP contribution in [-0.4, -0.2) is 9.32 Å². The molecule has 0 spiro atoms. The molecule has 0 aliphatic heterocycles. The van der Waals surface area contributed by atoms with Gasteiger partial charge in [0.05, 0.1) is 4.92 Å². The molecule has 0 saturated carbocycles. The Balaban J connectivity index is 1.90. The van der Waals surface area contributed by atoms with E-state index >= 15 is 0 Å². The molecule has 128 valence electrons. The lowest BCUT2D eigenvalue weighted by molar-refractivity contribution is -0.384. The molecule has 4 rings (SSSR count). The van der Waals surface area contributed by atoms with Crippen LogP contribution in [0.3, 0.4) is 0 Å². The molecular weight excluding hydrogens is 324 g/mol. The number of hydrogen-bond acceptors (Lipinski definition) is 2. The topological polar surface area (TPSA) is 47.5 Å². The zero-order valence-corrected chi connectivity index (χ0v) is 14.4. The van der Waals surface area contributed by atoms with Gasteiger partial charge in [-0.25, -0.2) is 0 Å². The third-order valence-corrected chi connectivity index (χ3v) is 4.67. The summed E-state index contributed by atoms with van der Waals surface area (Å²) in [7, 11) is 0. The maximum absolute atomic E-state index is 11.1. The lowest BCUT2D eigenvalue weighted by Gasteiger charge is -2.10. The molecule has 0 unspecified atom stereocenters. The number of nitro groups is 1. The second-order valence-electron chi connectivity index (χ2n) is 6.40. The second kappa shape index (κ2) is 6.48. The van der Waals surface area contributed by atoms with Gasteiger partial charge in [0, 0.05) is 41.0 Å². The van der Waals surface area contributed by atoms with Crippen molar-refractivity contribution < 1.29 is 4.92 Å². The minimum Gasteiger partial charge on any atom is -0.317 e. The predicted molar refractivity (Wildman–Crippen MR) is 103 cm³/mol. The van der Waals surface area contributed by atoms with Gasteiger partial charge in [0.15, 0.2) is 0 Å². The van der Waals surface area contributed by atoms with E-state index in [1.165, 1.54) is 6.07 Å². The first-order valence-corrected chi connectivity index (χ1v) is 8.52. The Bertz CT molecular complexity index is 1100. The number of hydrogen-bond donors (Lipinski definition) is 0. The third-order valence-electron chi connectivity index (χ3n) is 4.67. The molecule has 0 atom stereocenters. The van der Waals surface area contributed by atoms with Crippen LogP contribution in [0.25, 0.3) is 16.6 Å². The summed E-state index contributed by atoms with van der Waals surface area (Å²) in [4.78, 5) is 10.8. The van der Waals surface area contributed by atoms with E-state index in [4.69, 9.17) is 0 Å². The molecular formula is C22H18N2O2. The average molecular weight is 342 g/mol. The number of aromatic nitrogens is 1. The first kappa shape index (κ1) is 16.1. The summed E-state index contributed by atoms with van der Waals surface area (Å²) in [5, 5.41) is 11.1. The monoisotopic (exact) mass is 342 g/mol. The Kier molecular flexibility index (Phi) is 4.01. The van der Waals surface area contributed by atoms with Gasteiger partial charge in [-0.2, -0.15) is 0 Å². The fourth-order valence-corrected chi connectivity index (χ4v) is 3.49. The second-order valence-corrected chi connectivity index (χ2v) is 6.40. The molecule has 0 bridgehead atoms. The minimum atomic E-state index is -0.344. The maximum atomic E-state index is 11.1. The van der Waals surface area contributed by atoms with Crippen LogP contribution in [0.1, 0.15) is 17.0 Å². The van der Waals surface area contributed by atoms with E-state index in [1.54, 1.807) is 12.1 Å². The molecule has 4 heteroatoms. The standard InChI is InChI=1S/C22H18N2O2/c1-16-7-5-11-19-15-21(18-9-3-2-4-10-18)22(23(16)19)14-17-8-6-12-20(13-17)24(25)26/h2-13,15H,14H2,1H3. The number of non-ortho nitro benzene ring substituents is 1. The largest absolute Gasteiger partial charge is 0.317 e. The number of rotatable bonds is 4. The van der Waals surface area contributed by atoms with Gasteiger partial charge in [0.2, 0.25) is 0 Å². The predicted octanol–water partition coefficient (Wildman–Crippen LogP) is 5.41. The molecule has 4 aromatic rings. The average Bonchev–Trinajstić information content (AvgIpc) is 3.02. The summed E-state index contributed by atoms with van der Waals surface area (Å²) in [6, 6.07) is 25.6. The van der Waals surface area contributed by atoms with E-state index < -0.39 is 0 Å². The van der Waals surface area contributed by atoms with E-state index in [1.807, 2.05) is 24.3 Å². The molecule has 26 heavy (non-hydrogen) atoms. The fraction of sp³-hybridized carbons (Fsp3) is 0.0909. The summed E-state index contributed by atoms with van der Waals surface area (Å²) in [6.45, 7) is 2.08. The summed E-state index contributed by atoms with van der Waals surface area (Å²) in [5.41, 5.74) is 6.78. The van der Waals surface area contributed by atoms with Crippen LogP contribution in [0.2, 0.25) is 0 Å². The molecule has 4 nitrogen and oxygen atoms in total. The Labute approximate surface area is 151 Å².